The third kappa shape index (κ3) is 4.78. The second kappa shape index (κ2) is 7.51. The average Bonchev–Trinajstić information content (AvgIpc) is 2.43. The van der Waals surface area contributed by atoms with Crippen LogP contribution >= 0.6 is 0 Å². The van der Waals surface area contributed by atoms with Crippen molar-refractivity contribution in [3.63, 3.8) is 0 Å². The van der Waals surface area contributed by atoms with Crippen molar-refractivity contribution in [3.05, 3.63) is 29.8 Å². The summed E-state index contributed by atoms with van der Waals surface area (Å²) in [6, 6.07) is 6.18. The van der Waals surface area contributed by atoms with Gasteiger partial charge in [-0.05, 0) is 25.5 Å². The lowest BCUT2D eigenvalue weighted by molar-refractivity contribution is -0.143. The minimum Gasteiger partial charge on any atom is -0.479 e. The number of alkyl halides is 1. The smallest absolute Gasteiger partial charge is 0.339 e. The lowest BCUT2D eigenvalue weighted by Gasteiger charge is -2.22. The van der Waals surface area contributed by atoms with Gasteiger partial charge < -0.3 is 5.11 Å². The number of carboxylic acids is 1. The first kappa shape index (κ1) is 17.6. The quantitative estimate of drug-likeness (QED) is 0.797. The van der Waals surface area contributed by atoms with Gasteiger partial charge in [-0.3, -0.25) is 0 Å². The number of nitrogens with zero attached hydrogens (tertiary/aromatic N) is 1. The van der Waals surface area contributed by atoms with Crippen molar-refractivity contribution in [1.82, 2.24) is 4.31 Å². The number of rotatable bonds is 8. The number of carbonyl (C=O) groups is 1. The van der Waals surface area contributed by atoms with Crippen LogP contribution in [0, 0.1) is 6.92 Å². The van der Waals surface area contributed by atoms with E-state index in [0.717, 1.165) is 16.3 Å². The summed E-state index contributed by atoms with van der Waals surface area (Å²) < 4.78 is 39.3. The fourth-order valence-corrected chi connectivity index (χ4v) is 3.23. The zero-order chi connectivity index (χ0) is 16.0. The Hall–Kier alpha value is -1.47. The van der Waals surface area contributed by atoms with E-state index in [2.05, 4.69) is 0 Å². The van der Waals surface area contributed by atoms with Crippen molar-refractivity contribution in [2.24, 2.45) is 0 Å². The summed E-state index contributed by atoms with van der Waals surface area (Å²) in [6.45, 7) is 3.13. The molecule has 0 heterocycles. The fraction of sp³-hybridized carbons (Fsp3) is 0.500. The molecule has 1 aromatic rings. The van der Waals surface area contributed by atoms with Crippen LogP contribution in [0.3, 0.4) is 0 Å². The second-order valence-corrected chi connectivity index (χ2v) is 6.77. The van der Waals surface area contributed by atoms with Gasteiger partial charge in [-0.25, -0.2) is 17.6 Å². The van der Waals surface area contributed by atoms with E-state index in [1.54, 1.807) is 12.1 Å². The van der Waals surface area contributed by atoms with Crippen LogP contribution in [-0.2, 0) is 14.8 Å². The number of unbranched alkanes of at least 4 members (excludes halogenated alkanes) is 1. The van der Waals surface area contributed by atoms with Gasteiger partial charge >= 0.3 is 5.97 Å². The van der Waals surface area contributed by atoms with E-state index in [-0.39, 0.29) is 11.4 Å². The Morgan fingerprint density at radius 2 is 1.90 bits per heavy atom. The molecule has 118 valence electrons. The third-order valence-electron chi connectivity index (χ3n) is 3.05. The first-order valence-corrected chi connectivity index (χ1v) is 8.16. The van der Waals surface area contributed by atoms with Crippen LogP contribution in [0.5, 0.6) is 0 Å². The summed E-state index contributed by atoms with van der Waals surface area (Å²) in [5.74, 6) is -1.66. The van der Waals surface area contributed by atoms with Crippen molar-refractivity contribution >= 4 is 16.0 Å². The van der Waals surface area contributed by atoms with Gasteiger partial charge in [0.1, 0.15) is 0 Å². The molecule has 5 nitrogen and oxygen atoms in total. The van der Waals surface area contributed by atoms with Crippen molar-refractivity contribution in [2.45, 2.75) is 37.8 Å². The largest absolute Gasteiger partial charge is 0.479 e. The lowest BCUT2D eigenvalue weighted by atomic mass is 10.2. The van der Waals surface area contributed by atoms with Crippen LogP contribution in [-0.4, -0.2) is 43.1 Å². The molecule has 1 aromatic carbocycles. The predicted molar refractivity (Wildman–Crippen MR) is 77.4 cm³/mol. The van der Waals surface area contributed by atoms with Crippen molar-refractivity contribution in [2.75, 3.05) is 13.1 Å². The summed E-state index contributed by atoms with van der Waals surface area (Å²) in [4.78, 5) is 10.7. The topological polar surface area (TPSA) is 74.7 Å². The molecule has 0 amide bonds. The maximum Gasteiger partial charge on any atom is 0.339 e. The molecule has 0 bridgehead atoms. The summed E-state index contributed by atoms with van der Waals surface area (Å²) in [6.07, 6.45) is -0.969. The Morgan fingerprint density at radius 1 is 1.33 bits per heavy atom. The molecule has 0 radical (unpaired) electrons. The molecule has 7 heteroatoms. The van der Waals surface area contributed by atoms with E-state index in [1.807, 2.05) is 13.8 Å². The van der Waals surface area contributed by atoms with E-state index in [4.69, 9.17) is 5.11 Å². The predicted octanol–water partition coefficient (Wildman–Crippen LogP) is 2.21. The Balaban J connectivity index is 3.04. The summed E-state index contributed by atoms with van der Waals surface area (Å²) in [5.41, 5.74) is 0.906. The molecule has 0 spiro atoms. The zero-order valence-corrected chi connectivity index (χ0v) is 12.9. The summed E-state index contributed by atoms with van der Waals surface area (Å²) in [5, 5.41) is 8.63. The lowest BCUT2D eigenvalue weighted by Crippen LogP contribution is -2.39. The number of aliphatic carboxylic acids is 1. The van der Waals surface area contributed by atoms with Crippen LogP contribution in [0.25, 0.3) is 0 Å². The van der Waals surface area contributed by atoms with Crippen LogP contribution in [0.4, 0.5) is 4.39 Å². The Kier molecular flexibility index (Phi) is 6.29. The van der Waals surface area contributed by atoms with Crippen LogP contribution in [0.2, 0.25) is 0 Å². The molecule has 0 aliphatic carbocycles. The van der Waals surface area contributed by atoms with Gasteiger partial charge in [-0.1, -0.05) is 31.0 Å². The molecule has 0 saturated heterocycles. The number of aryl methyl sites for hydroxylation is 1. The number of hydrogen-bond acceptors (Lipinski definition) is 3. The maximum atomic E-state index is 13.4. The van der Waals surface area contributed by atoms with Crippen molar-refractivity contribution < 1.29 is 22.7 Å². The van der Waals surface area contributed by atoms with Crippen LogP contribution in [0.1, 0.15) is 25.3 Å². The van der Waals surface area contributed by atoms with Gasteiger partial charge in [-0.2, -0.15) is 4.31 Å². The molecule has 1 N–H and O–H groups in total. The Morgan fingerprint density at radius 3 is 2.38 bits per heavy atom. The SMILES string of the molecule is CCCCN(CC(F)C(=O)O)S(=O)(=O)c1ccc(C)cc1. The van der Waals surface area contributed by atoms with Gasteiger partial charge in [0.05, 0.1) is 11.4 Å². The standard InChI is InChI=1S/C14H20FNO4S/c1-3-4-9-16(10-13(15)14(17)18)21(19,20)12-7-5-11(2)6-8-12/h5-8,13H,3-4,9-10H2,1-2H3,(H,17,18). The Labute approximate surface area is 124 Å². The van der Waals surface area contributed by atoms with Crippen molar-refractivity contribution in [1.29, 1.82) is 0 Å². The van der Waals surface area contributed by atoms with Crippen LogP contribution < -0.4 is 0 Å². The normalized spacial score (nSPS) is 13.3. The molecule has 1 atom stereocenters. The molecular formula is C14H20FNO4S. The molecule has 1 rings (SSSR count). The van der Waals surface area contributed by atoms with E-state index in [0.29, 0.717) is 6.42 Å². The molecule has 1 unspecified atom stereocenters. The molecular weight excluding hydrogens is 297 g/mol. The summed E-state index contributed by atoms with van der Waals surface area (Å²) in [7, 11) is -3.89. The second-order valence-electron chi connectivity index (χ2n) is 4.84. The number of sulfonamides is 1. The average molecular weight is 317 g/mol. The molecule has 0 aliphatic rings. The summed E-state index contributed by atoms with van der Waals surface area (Å²) >= 11 is 0. The van der Waals surface area contributed by atoms with E-state index in [1.165, 1.54) is 12.1 Å². The Bertz CT molecular complexity index is 571. The van der Waals surface area contributed by atoms with Crippen LogP contribution in [0.15, 0.2) is 29.2 Å². The minimum atomic E-state index is -3.89. The number of benzene rings is 1. The fourth-order valence-electron chi connectivity index (χ4n) is 1.76. The molecule has 0 saturated carbocycles. The molecule has 0 fully saturated rings. The highest BCUT2D eigenvalue weighted by Crippen LogP contribution is 2.18. The van der Waals surface area contributed by atoms with E-state index in [9.17, 15) is 17.6 Å². The van der Waals surface area contributed by atoms with Gasteiger partial charge in [0.15, 0.2) is 0 Å². The highest BCUT2D eigenvalue weighted by molar-refractivity contribution is 7.89. The third-order valence-corrected chi connectivity index (χ3v) is 4.93. The van der Waals surface area contributed by atoms with E-state index >= 15 is 0 Å². The highest BCUT2D eigenvalue weighted by atomic mass is 32.2. The maximum absolute atomic E-state index is 13.4. The number of carboxylic acid groups (broad SMARTS) is 1. The van der Waals surface area contributed by atoms with Crippen molar-refractivity contribution in [3.8, 4) is 0 Å². The van der Waals surface area contributed by atoms with Gasteiger partial charge in [-0.15, -0.1) is 0 Å². The first-order chi connectivity index (χ1) is 9.78. The number of halogens is 1. The highest BCUT2D eigenvalue weighted by Gasteiger charge is 2.29. The van der Waals surface area contributed by atoms with Gasteiger partial charge in [0, 0.05) is 6.54 Å². The molecule has 0 aliphatic heterocycles. The minimum absolute atomic E-state index is 0.0433. The molecule has 0 aromatic heterocycles. The monoisotopic (exact) mass is 317 g/mol. The van der Waals surface area contributed by atoms with E-state index < -0.39 is 28.7 Å². The number of hydrogen-bond donors (Lipinski definition) is 1. The van der Waals surface area contributed by atoms with Gasteiger partial charge in [0.2, 0.25) is 16.2 Å². The first-order valence-electron chi connectivity index (χ1n) is 6.72. The molecule has 21 heavy (non-hydrogen) atoms. The zero-order valence-electron chi connectivity index (χ0n) is 12.1. The van der Waals surface area contributed by atoms with Gasteiger partial charge in [0.25, 0.3) is 0 Å².